The zero-order chi connectivity index (χ0) is 28.3. The van der Waals surface area contributed by atoms with E-state index >= 15 is 0 Å². The lowest BCUT2D eigenvalue weighted by molar-refractivity contribution is -0.0907. The molecule has 2 saturated heterocycles. The minimum atomic E-state index is -3.97. The molecule has 3 heterocycles. The molecule has 0 bridgehead atoms. The van der Waals surface area contributed by atoms with E-state index in [9.17, 15) is 18.3 Å². The Bertz CT molecular complexity index is 1400. The van der Waals surface area contributed by atoms with E-state index in [0.717, 1.165) is 17.5 Å². The number of aromatic nitrogens is 2. The Morgan fingerprint density at radius 3 is 2.77 bits per heavy atom. The summed E-state index contributed by atoms with van der Waals surface area (Å²) >= 11 is 0. The van der Waals surface area contributed by atoms with E-state index in [4.69, 9.17) is 14.2 Å². The van der Waals surface area contributed by atoms with Gasteiger partial charge in [-0.25, -0.2) is 13.2 Å². The summed E-state index contributed by atoms with van der Waals surface area (Å²) in [5, 5.41) is 21.7. The summed E-state index contributed by atoms with van der Waals surface area (Å²) in [5.74, 6) is -0.0310. The number of fused-ring (bicyclic) bond motifs is 2. The topological polar surface area (TPSA) is 143 Å². The van der Waals surface area contributed by atoms with Crippen molar-refractivity contribution in [3.63, 3.8) is 0 Å². The first-order chi connectivity index (χ1) is 19.2. The van der Waals surface area contributed by atoms with E-state index in [0.29, 0.717) is 12.0 Å². The number of nitrogens with one attached hydrogen (secondary N) is 2. The number of aromatic amines is 1. The van der Waals surface area contributed by atoms with Crippen LogP contribution in [0.5, 0.6) is 0 Å². The summed E-state index contributed by atoms with van der Waals surface area (Å²) in [4.78, 5) is 13.1. The third-order valence-electron chi connectivity index (χ3n) is 7.32. The Balaban J connectivity index is 1.34. The fraction of sp³-hybridized carbons (Fsp3) is 0.500. The van der Waals surface area contributed by atoms with Crippen LogP contribution in [0.1, 0.15) is 25.8 Å². The maximum atomic E-state index is 13.8. The van der Waals surface area contributed by atoms with Gasteiger partial charge >= 0.3 is 6.09 Å². The molecule has 2 aliphatic rings. The molecule has 2 fully saturated rings. The first kappa shape index (κ1) is 28.5. The van der Waals surface area contributed by atoms with E-state index in [-0.39, 0.29) is 49.1 Å². The van der Waals surface area contributed by atoms with Crippen molar-refractivity contribution in [2.24, 2.45) is 11.8 Å². The van der Waals surface area contributed by atoms with Gasteiger partial charge in [0.05, 0.1) is 47.9 Å². The molecule has 2 aromatic carbocycles. The smallest absolute Gasteiger partial charge is 0.407 e. The number of aliphatic hydroxyl groups excluding tert-OH is 1. The number of hydrogen-bond acceptors (Lipinski definition) is 8. The van der Waals surface area contributed by atoms with Crippen molar-refractivity contribution in [2.75, 3.05) is 26.3 Å². The molecule has 11 nitrogen and oxygen atoms in total. The van der Waals surface area contributed by atoms with Gasteiger partial charge in [-0.15, -0.1) is 0 Å². The van der Waals surface area contributed by atoms with Crippen molar-refractivity contribution in [3.8, 4) is 0 Å². The Labute approximate surface area is 233 Å². The molecule has 1 amide bonds. The normalized spacial score (nSPS) is 22.5. The van der Waals surface area contributed by atoms with Crippen LogP contribution >= 0.6 is 0 Å². The maximum absolute atomic E-state index is 13.8. The standard InChI is InChI=1S/C28H36N4O7S/c1-18(2)15-32(40(35,36)21-8-9-23-20(13-21)14-29-31-23)16-25(33)24(12-19-6-4-3-5-7-19)30-28(34)39-26-17-38-27-22(26)10-11-37-27/h3-9,13-14,18,22,24-27,33H,10-12,15-17H2,1-2H3,(H,29,31)(H,30,34)/t22?,24-,25?,26?,27?/m0/s1. The number of amides is 1. The van der Waals surface area contributed by atoms with Crippen LogP contribution in [0.15, 0.2) is 59.6 Å². The van der Waals surface area contributed by atoms with Gasteiger partial charge in [-0.2, -0.15) is 9.40 Å². The molecule has 0 saturated carbocycles. The molecule has 0 spiro atoms. The maximum Gasteiger partial charge on any atom is 0.407 e. The highest BCUT2D eigenvalue weighted by atomic mass is 32.2. The molecule has 3 aromatic rings. The lowest BCUT2D eigenvalue weighted by atomic mass is 10.0. The summed E-state index contributed by atoms with van der Waals surface area (Å²) in [5.41, 5.74) is 1.60. The van der Waals surface area contributed by atoms with Crippen molar-refractivity contribution in [1.82, 2.24) is 19.8 Å². The largest absolute Gasteiger partial charge is 0.443 e. The highest BCUT2D eigenvalue weighted by molar-refractivity contribution is 7.89. The Hall–Kier alpha value is -3.03. The highest BCUT2D eigenvalue weighted by Gasteiger charge is 2.44. The fourth-order valence-corrected chi connectivity index (χ4v) is 6.92. The average Bonchev–Trinajstić information content (AvgIpc) is 3.66. The quantitative estimate of drug-likeness (QED) is 0.318. The molecular formula is C28H36N4O7S. The van der Waals surface area contributed by atoms with E-state index in [1.165, 1.54) is 10.4 Å². The lowest BCUT2D eigenvalue weighted by Gasteiger charge is -2.31. The highest BCUT2D eigenvalue weighted by Crippen LogP contribution is 2.33. The molecule has 40 heavy (non-hydrogen) atoms. The van der Waals surface area contributed by atoms with E-state index in [1.807, 2.05) is 44.2 Å². The van der Waals surface area contributed by atoms with Crippen LogP contribution in [0.4, 0.5) is 4.79 Å². The Kier molecular flexibility index (Phi) is 8.71. The summed E-state index contributed by atoms with van der Waals surface area (Å²) in [6, 6.07) is 13.3. The zero-order valence-electron chi connectivity index (χ0n) is 22.6. The number of nitrogens with zero attached hydrogens (tertiary/aromatic N) is 2. The second kappa shape index (κ2) is 12.2. The predicted octanol–water partition coefficient (Wildman–Crippen LogP) is 2.67. The van der Waals surface area contributed by atoms with Gasteiger partial charge < -0.3 is 24.6 Å². The molecule has 2 aliphatic heterocycles. The van der Waals surface area contributed by atoms with Crippen molar-refractivity contribution >= 4 is 27.0 Å². The minimum absolute atomic E-state index is 0.00549. The molecule has 5 atom stereocenters. The first-order valence-electron chi connectivity index (χ1n) is 13.6. The number of ether oxygens (including phenoxy) is 3. The third kappa shape index (κ3) is 6.47. The SMILES string of the molecule is CC(C)CN(CC(O)[C@H](Cc1ccccc1)NC(=O)OC1COC2OCCC12)S(=O)(=O)c1ccc2[nH]ncc2c1. The number of benzene rings is 2. The van der Waals surface area contributed by atoms with Crippen molar-refractivity contribution < 1.29 is 32.5 Å². The van der Waals surface area contributed by atoms with Gasteiger partial charge in [0.25, 0.3) is 0 Å². The molecular weight excluding hydrogens is 536 g/mol. The predicted molar refractivity (Wildman–Crippen MR) is 147 cm³/mol. The number of alkyl carbamates (subject to hydrolysis) is 1. The number of H-pyrrole nitrogens is 1. The number of carbonyl (C=O) groups excluding carboxylic acids is 1. The van der Waals surface area contributed by atoms with Crippen molar-refractivity contribution in [3.05, 3.63) is 60.3 Å². The second-order valence-electron chi connectivity index (χ2n) is 10.8. The van der Waals surface area contributed by atoms with Crippen LogP contribution in [-0.4, -0.2) is 85.0 Å². The van der Waals surface area contributed by atoms with Crippen LogP contribution in [-0.2, 0) is 30.7 Å². The molecule has 4 unspecified atom stereocenters. The van der Waals surface area contributed by atoms with E-state index in [2.05, 4.69) is 15.5 Å². The summed E-state index contributed by atoms with van der Waals surface area (Å²) in [6.45, 7) is 4.60. The van der Waals surface area contributed by atoms with Gasteiger partial charge in [0.15, 0.2) is 6.29 Å². The molecule has 12 heteroatoms. The number of aliphatic hydroxyl groups is 1. The monoisotopic (exact) mass is 572 g/mol. The number of rotatable bonds is 11. The number of hydrogen-bond donors (Lipinski definition) is 3. The van der Waals surface area contributed by atoms with Crippen LogP contribution in [0.2, 0.25) is 0 Å². The van der Waals surface area contributed by atoms with Gasteiger partial charge in [0.2, 0.25) is 10.0 Å². The van der Waals surface area contributed by atoms with Crippen LogP contribution in [0.25, 0.3) is 10.9 Å². The summed E-state index contributed by atoms with van der Waals surface area (Å²) in [7, 11) is -3.97. The zero-order valence-corrected chi connectivity index (χ0v) is 23.4. The third-order valence-corrected chi connectivity index (χ3v) is 9.15. The number of sulfonamides is 1. The Morgan fingerprint density at radius 2 is 2.00 bits per heavy atom. The van der Waals surface area contributed by atoms with Crippen molar-refractivity contribution in [2.45, 2.75) is 56.1 Å². The van der Waals surface area contributed by atoms with Crippen LogP contribution in [0.3, 0.4) is 0 Å². The summed E-state index contributed by atoms with van der Waals surface area (Å²) < 4.78 is 45.5. The molecule has 5 rings (SSSR count). The van der Waals surface area contributed by atoms with Gasteiger partial charge in [0, 0.05) is 18.5 Å². The molecule has 216 valence electrons. The number of carbonyl (C=O) groups is 1. The average molecular weight is 573 g/mol. The van der Waals surface area contributed by atoms with Crippen LogP contribution in [0, 0.1) is 11.8 Å². The fourth-order valence-electron chi connectivity index (χ4n) is 5.27. The second-order valence-corrected chi connectivity index (χ2v) is 12.7. The summed E-state index contributed by atoms with van der Waals surface area (Å²) in [6.07, 6.45) is -0.130. The van der Waals surface area contributed by atoms with E-state index in [1.54, 1.807) is 18.3 Å². The van der Waals surface area contributed by atoms with Crippen LogP contribution < -0.4 is 5.32 Å². The van der Waals surface area contributed by atoms with E-state index < -0.39 is 34.4 Å². The molecule has 1 aromatic heterocycles. The molecule has 0 radical (unpaired) electrons. The van der Waals surface area contributed by atoms with Gasteiger partial charge in [-0.1, -0.05) is 44.2 Å². The van der Waals surface area contributed by atoms with Crippen molar-refractivity contribution in [1.29, 1.82) is 0 Å². The van der Waals surface area contributed by atoms with Gasteiger partial charge in [-0.3, -0.25) is 5.10 Å². The molecule has 0 aliphatic carbocycles. The molecule has 3 N–H and O–H groups in total. The van der Waals surface area contributed by atoms with Gasteiger partial charge in [0.1, 0.15) is 6.10 Å². The minimum Gasteiger partial charge on any atom is -0.443 e. The first-order valence-corrected chi connectivity index (χ1v) is 15.0. The Morgan fingerprint density at radius 1 is 1.20 bits per heavy atom. The van der Waals surface area contributed by atoms with Gasteiger partial charge in [-0.05, 0) is 42.5 Å². The lowest BCUT2D eigenvalue weighted by Crippen LogP contribution is -2.51.